The Bertz CT molecular complexity index is 1780. The molecule has 1 atom stereocenters. The van der Waals surface area contributed by atoms with E-state index in [4.69, 9.17) is 26.8 Å². The number of nitrogens with zero attached hydrogens (tertiary/aromatic N) is 5. The van der Waals surface area contributed by atoms with E-state index in [0.717, 1.165) is 50.4 Å². The van der Waals surface area contributed by atoms with Gasteiger partial charge in [0.2, 0.25) is 0 Å². The number of carbonyl (C=O) groups is 3. The number of fused-ring (bicyclic) bond motifs is 2. The maximum atomic E-state index is 14.1. The van der Waals surface area contributed by atoms with Crippen LogP contribution >= 0.6 is 11.6 Å². The number of carbonyl (C=O) groups excluding carboxylic acids is 3. The first-order valence-corrected chi connectivity index (χ1v) is 18.0. The van der Waals surface area contributed by atoms with Crippen LogP contribution in [0.5, 0.6) is 0 Å². The number of ether oxygens (including phenoxy) is 2. The Labute approximate surface area is 304 Å². The van der Waals surface area contributed by atoms with Gasteiger partial charge in [-0.3, -0.25) is 10.1 Å². The van der Waals surface area contributed by atoms with Gasteiger partial charge in [-0.1, -0.05) is 29.8 Å². The van der Waals surface area contributed by atoms with Crippen LogP contribution in [0.3, 0.4) is 0 Å². The number of nitrogen functional groups attached to an aromatic ring is 1. The summed E-state index contributed by atoms with van der Waals surface area (Å²) >= 11 is 6.12. The van der Waals surface area contributed by atoms with Gasteiger partial charge in [-0.2, -0.15) is 13.2 Å². The summed E-state index contributed by atoms with van der Waals surface area (Å²) in [6, 6.07) is 10.1. The van der Waals surface area contributed by atoms with Gasteiger partial charge >= 0.3 is 18.4 Å². The first-order chi connectivity index (χ1) is 24.9. The number of halogens is 4. The molecule has 1 aromatic heterocycles. The standard InChI is InChI=1S/C36H41ClF3N7O5/c37-28-20-23(19-27(31(28)41)36(38,39)40)21-30(32(48)45-14-7-24(8-15-45)44-12-5-25(6-13-44)47-18-11-42-22-47)51-34(50)46-16-9-35(10-17-46)26-3-1-2-4-29(26)43-33(49)52-35/h1-4,11,18-20,22,24-25,30H,5-10,12-17,21,41H2,(H,43,49)/t30-/m1/s1. The van der Waals surface area contributed by atoms with E-state index in [2.05, 4.69) is 19.8 Å². The van der Waals surface area contributed by atoms with Gasteiger partial charge in [-0.05, 0) is 49.4 Å². The minimum atomic E-state index is -4.78. The van der Waals surface area contributed by atoms with Crippen molar-refractivity contribution >= 4 is 41.1 Å². The van der Waals surface area contributed by atoms with Crippen LogP contribution in [0.15, 0.2) is 55.1 Å². The number of piperidine rings is 3. The molecule has 0 unspecified atom stereocenters. The molecule has 12 nitrogen and oxygen atoms in total. The second-order valence-corrected chi connectivity index (χ2v) is 14.4. The number of hydrogen-bond donors (Lipinski definition) is 2. The number of aromatic nitrogens is 2. The zero-order valence-corrected chi connectivity index (χ0v) is 29.2. The molecule has 3 aromatic rings. The molecule has 5 heterocycles. The molecule has 2 aromatic carbocycles. The number of nitrogens with two attached hydrogens (primary N) is 1. The first kappa shape index (κ1) is 35.9. The molecule has 1 spiro atoms. The minimum absolute atomic E-state index is 0.0594. The number of hydrogen-bond acceptors (Lipinski definition) is 8. The Morgan fingerprint density at radius 2 is 1.71 bits per heavy atom. The second kappa shape index (κ2) is 14.5. The van der Waals surface area contributed by atoms with E-state index < -0.39 is 47.2 Å². The molecule has 0 saturated carbocycles. The van der Waals surface area contributed by atoms with Crippen molar-refractivity contribution in [1.29, 1.82) is 0 Å². The molecular weight excluding hydrogens is 703 g/mol. The highest BCUT2D eigenvalue weighted by molar-refractivity contribution is 6.33. The van der Waals surface area contributed by atoms with Crippen LogP contribution in [0.4, 0.5) is 34.1 Å². The Balaban J connectivity index is 1.03. The fraction of sp³-hybridized carbons (Fsp3) is 0.500. The Kier molecular flexibility index (Phi) is 10.0. The summed E-state index contributed by atoms with van der Waals surface area (Å²) in [4.78, 5) is 49.8. The first-order valence-electron chi connectivity index (χ1n) is 17.6. The van der Waals surface area contributed by atoms with Crippen molar-refractivity contribution in [1.82, 2.24) is 24.3 Å². The van der Waals surface area contributed by atoms with Crippen LogP contribution in [0, 0.1) is 0 Å². The number of imidazole rings is 1. The highest BCUT2D eigenvalue weighted by Crippen LogP contribution is 2.44. The average molecular weight is 744 g/mol. The lowest BCUT2D eigenvalue weighted by Gasteiger charge is -2.44. The fourth-order valence-electron chi connectivity index (χ4n) is 8.08. The summed E-state index contributed by atoms with van der Waals surface area (Å²) in [5, 5.41) is 2.40. The number of anilines is 2. The summed E-state index contributed by atoms with van der Waals surface area (Å²) in [5.41, 5.74) is 4.51. The summed E-state index contributed by atoms with van der Waals surface area (Å²) in [5.74, 6) is -0.484. The average Bonchev–Trinajstić information content (AvgIpc) is 3.68. The lowest BCUT2D eigenvalue weighted by molar-refractivity contribution is -0.143. The van der Waals surface area contributed by atoms with Crippen molar-refractivity contribution < 1.29 is 37.0 Å². The Morgan fingerprint density at radius 3 is 2.38 bits per heavy atom. The van der Waals surface area contributed by atoms with Gasteiger partial charge in [0.25, 0.3) is 5.91 Å². The normalized spacial score (nSPS) is 20.6. The third kappa shape index (κ3) is 7.38. The van der Waals surface area contributed by atoms with Crippen molar-refractivity contribution in [3.8, 4) is 0 Å². The van der Waals surface area contributed by atoms with E-state index >= 15 is 0 Å². The van der Waals surface area contributed by atoms with Gasteiger partial charge in [0, 0.05) is 88.6 Å². The van der Waals surface area contributed by atoms with E-state index in [-0.39, 0.29) is 36.1 Å². The molecule has 7 rings (SSSR count). The molecule has 16 heteroatoms. The Morgan fingerprint density at radius 1 is 1.02 bits per heavy atom. The predicted octanol–water partition coefficient (Wildman–Crippen LogP) is 6.07. The topological polar surface area (TPSA) is 135 Å². The lowest BCUT2D eigenvalue weighted by Crippen LogP contribution is -2.53. The lowest BCUT2D eigenvalue weighted by atomic mass is 9.82. The Hall–Kier alpha value is -4.50. The predicted molar refractivity (Wildman–Crippen MR) is 186 cm³/mol. The molecule has 52 heavy (non-hydrogen) atoms. The molecule has 3 amide bonds. The van der Waals surface area contributed by atoms with Gasteiger partial charge in [0.15, 0.2) is 6.10 Å². The zero-order valence-electron chi connectivity index (χ0n) is 28.5. The highest BCUT2D eigenvalue weighted by atomic mass is 35.5. The van der Waals surface area contributed by atoms with Gasteiger partial charge in [0.05, 0.1) is 28.3 Å². The molecule has 3 N–H and O–H groups in total. The molecule has 0 aliphatic carbocycles. The summed E-state index contributed by atoms with van der Waals surface area (Å²) in [6.07, 6.45) is 1.76. The number of benzene rings is 2. The smallest absolute Gasteiger partial charge is 0.418 e. The van der Waals surface area contributed by atoms with Crippen LogP contribution in [-0.2, 0) is 32.5 Å². The van der Waals surface area contributed by atoms with E-state index in [1.54, 1.807) is 17.2 Å². The van der Waals surface area contributed by atoms with E-state index in [1.807, 2.05) is 30.7 Å². The van der Waals surface area contributed by atoms with Crippen LogP contribution in [0.1, 0.15) is 61.3 Å². The number of alkyl halides is 3. The van der Waals surface area contributed by atoms with E-state index in [0.29, 0.717) is 37.7 Å². The van der Waals surface area contributed by atoms with Crippen molar-refractivity contribution in [2.75, 3.05) is 50.3 Å². The molecule has 4 aliphatic heterocycles. The molecule has 3 fully saturated rings. The monoisotopic (exact) mass is 743 g/mol. The van der Waals surface area contributed by atoms with Gasteiger partial charge in [0.1, 0.15) is 5.60 Å². The number of amides is 3. The maximum absolute atomic E-state index is 14.1. The van der Waals surface area contributed by atoms with Gasteiger partial charge in [-0.25, -0.2) is 14.6 Å². The van der Waals surface area contributed by atoms with Crippen LogP contribution < -0.4 is 11.1 Å². The zero-order chi connectivity index (χ0) is 36.6. The quantitative estimate of drug-likeness (QED) is 0.291. The highest BCUT2D eigenvalue weighted by Gasteiger charge is 2.46. The van der Waals surface area contributed by atoms with Gasteiger partial charge < -0.3 is 34.5 Å². The van der Waals surface area contributed by atoms with Crippen molar-refractivity contribution in [2.45, 2.75) is 74.9 Å². The molecule has 3 saturated heterocycles. The molecule has 0 bridgehead atoms. The molecule has 278 valence electrons. The second-order valence-electron chi connectivity index (χ2n) is 14.0. The third-order valence-electron chi connectivity index (χ3n) is 10.9. The number of para-hydroxylation sites is 1. The number of rotatable bonds is 6. The largest absolute Gasteiger partial charge is 0.438 e. The number of nitrogens with one attached hydrogen (secondary N) is 1. The van der Waals surface area contributed by atoms with E-state index in [9.17, 15) is 27.6 Å². The third-order valence-corrected chi connectivity index (χ3v) is 11.3. The van der Waals surface area contributed by atoms with Crippen LogP contribution in [-0.4, -0.2) is 93.8 Å². The van der Waals surface area contributed by atoms with Crippen molar-refractivity contribution in [3.05, 3.63) is 76.8 Å². The molecule has 4 aliphatic rings. The van der Waals surface area contributed by atoms with E-state index in [1.165, 1.54) is 11.0 Å². The summed E-state index contributed by atoms with van der Waals surface area (Å²) in [6.45, 7) is 3.02. The minimum Gasteiger partial charge on any atom is -0.438 e. The fourth-order valence-corrected chi connectivity index (χ4v) is 8.33. The molecule has 0 radical (unpaired) electrons. The summed E-state index contributed by atoms with van der Waals surface area (Å²) in [7, 11) is 0. The number of likely N-dealkylation sites (tertiary alicyclic amines) is 3. The van der Waals surface area contributed by atoms with Crippen molar-refractivity contribution in [2.24, 2.45) is 0 Å². The van der Waals surface area contributed by atoms with Crippen molar-refractivity contribution in [3.63, 3.8) is 0 Å². The maximum Gasteiger partial charge on any atom is 0.418 e. The SMILES string of the molecule is Nc1c(Cl)cc(C[C@@H](OC(=O)N2CCC3(CC2)OC(=O)Nc2ccccc23)C(=O)N2CCC(N3CCC(n4ccnc4)CC3)CC2)cc1C(F)(F)F. The van der Waals surface area contributed by atoms with Gasteiger partial charge in [-0.15, -0.1) is 0 Å². The van der Waals surface area contributed by atoms with Crippen LogP contribution in [0.25, 0.3) is 0 Å². The summed E-state index contributed by atoms with van der Waals surface area (Å²) < 4.78 is 55.3. The molecular formula is C36H41ClF3N7O5. The van der Waals surface area contributed by atoms with Crippen LogP contribution in [0.2, 0.25) is 5.02 Å².